The molecule has 6 nitrogen and oxygen atoms in total. The lowest BCUT2D eigenvalue weighted by Gasteiger charge is -2.10. The highest BCUT2D eigenvalue weighted by Crippen LogP contribution is 2.26. The second kappa shape index (κ2) is 7.55. The normalized spacial score (nSPS) is 11.5. The summed E-state index contributed by atoms with van der Waals surface area (Å²) in [6.07, 6.45) is 0. The molecule has 0 aliphatic carbocycles. The highest BCUT2D eigenvalue weighted by Gasteiger charge is 2.22. The Morgan fingerprint density at radius 1 is 1.27 bits per heavy atom. The molecule has 1 N–H and O–H groups in total. The molecule has 2 heterocycles. The minimum absolute atomic E-state index is 0.136. The zero-order valence-electron chi connectivity index (χ0n) is 14.4. The Kier molecular flexibility index (Phi) is 5.38. The van der Waals surface area contributed by atoms with Crippen LogP contribution in [0.3, 0.4) is 0 Å². The van der Waals surface area contributed by atoms with Crippen molar-refractivity contribution in [3.8, 4) is 11.3 Å². The van der Waals surface area contributed by atoms with Gasteiger partial charge in [-0.15, -0.1) is 21.5 Å². The summed E-state index contributed by atoms with van der Waals surface area (Å²) in [5.74, 6) is 0.150. The molecule has 0 aliphatic rings. The average molecular weight is 392 g/mol. The van der Waals surface area contributed by atoms with Gasteiger partial charge in [0.1, 0.15) is 5.82 Å². The van der Waals surface area contributed by atoms with Crippen LogP contribution in [0.15, 0.2) is 39.3 Å². The van der Waals surface area contributed by atoms with Crippen LogP contribution in [0.4, 0.5) is 9.52 Å². The van der Waals surface area contributed by atoms with E-state index in [1.807, 2.05) is 26.2 Å². The summed E-state index contributed by atoms with van der Waals surface area (Å²) in [6.45, 7) is 5.93. The SMILES string of the molecule is CC(C)(C)c1nnc(SCC(=O)Nc2nc(-c3ccc(F)cc3)cs2)o1. The van der Waals surface area contributed by atoms with E-state index in [9.17, 15) is 9.18 Å². The molecular formula is C17H17FN4O2S2. The standard InChI is InChI=1S/C17H17FN4O2S2/c1-17(2,3)14-21-22-16(24-14)26-9-13(23)20-15-19-12(8-25-15)10-4-6-11(18)7-5-10/h4-8H,9H2,1-3H3,(H,19,20,23). The highest BCUT2D eigenvalue weighted by atomic mass is 32.2. The van der Waals surface area contributed by atoms with Crippen LogP contribution in [0.25, 0.3) is 11.3 Å². The number of carbonyl (C=O) groups excluding carboxylic acids is 1. The number of nitrogens with one attached hydrogen (secondary N) is 1. The maximum absolute atomic E-state index is 13.0. The van der Waals surface area contributed by atoms with E-state index in [4.69, 9.17) is 4.42 Å². The number of carbonyl (C=O) groups is 1. The Bertz CT molecular complexity index is 900. The molecule has 136 valence electrons. The fourth-order valence-electron chi connectivity index (χ4n) is 1.94. The summed E-state index contributed by atoms with van der Waals surface area (Å²) in [4.78, 5) is 16.4. The molecule has 3 rings (SSSR count). The number of thiazole rings is 1. The van der Waals surface area contributed by atoms with Crippen molar-refractivity contribution in [3.63, 3.8) is 0 Å². The average Bonchev–Trinajstić information content (AvgIpc) is 3.22. The fraction of sp³-hybridized carbons (Fsp3) is 0.294. The molecular weight excluding hydrogens is 375 g/mol. The van der Waals surface area contributed by atoms with Crippen molar-refractivity contribution in [2.75, 3.05) is 11.1 Å². The molecule has 0 unspecified atom stereocenters. The van der Waals surface area contributed by atoms with Crippen molar-refractivity contribution in [2.24, 2.45) is 0 Å². The number of nitrogens with zero attached hydrogens (tertiary/aromatic N) is 3. The zero-order valence-corrected chi connectivity index (χ0v) is 16.1. The molecule has 9 heteroatoms. The Hall–Kier alpha value is -2.26. The maximum Gasteiger partial charge on any atom is 0.277 e. The van der Waals surface area contributed by atoms with E-state index in [1.54, 1.807) is 12.1 Å². The minimum Gasteiger partial charge on any atom is -0.415 e. The Morgan fingerprint density at radius 2 is 2.00 bits per heavy atom. The monoisotopic (exact) mass is 392 g/mol. The topological polar surface area (TPSA) is 80.9 Å². The quantitative estimate of drug-likeness (QED) is 0.650. The van der Waals surface area contributed by atoms with E-state index < -0.39 is 0 Å². The van der Waals surface area contributed by atoms with Gasteiger partial charge in [-0.1, -0.05) is 32.5 Å². The van der Waals surface area contributed by atoms with Gasteiger partial charge in [0.05, 0.1) is 11.4 Å². The molecule has 0 aliphatic heterocycles. The van der Waals surface area contributed by atoms with Gasteiger partial charge in [-0.05, 0) is 24.3 Å². The van der Waals surface area contributed by atoms with Crippen molar-refractivity contribution in [3.05, 3.63) is 41.4 Å². The second-order valence-corrected chi connectivity index (χ2v) is 8.29. The summed E-state index contributed by atoms with van der Waals surface area (Å²) in [6, 6.07) is 6.04. The first-order valence-electron chi connectivity index (χ1n) is 7.79. The van der Waals surface area contributed by atoms with Crippen molar-refractivity contribution in [1.29, 1.82) is 0 Å². The molecule has 1 amide bonds. The van der Waals surface area contributed by atoms with E-state index in [1.165, 1.54) is 35.2 Å². The number of thioether (sulfide) groups is 1. The van der Waals surface area contributed by atoms with E-state index in [2.05, 4.69) is 20.5 Å². The third kappa shape index (κ3) is 4.67. The molecule has 0 bridgehead atoms. The van der Waals surface area contributed by atoms with E-state index in [0.717, 1.165) is 5.56 Å². The second-order valence-electron chi connectivity index (χ2n) is 6.50. The molecule has 3 aromatic rings. The lowest BCUT2D eigenvalue weighted by molar-refractivity contribution is -0.113. The molecule has 0 saturated carbocycles. The number of aromatic nitrogens is 3. The molecule has 0 spiro atoms. The van der Waals surface area contributed by atoms with Gasteiger partial charge in [0.25, 0.3) is 5.22 Å². The Balaban J connectivity index is 1.55. The van der Waals surface area contributed by atoms with Crippen molar-refractivity contribution in [1.82, 2.24) is 15.2 Å². The van der Waals surface area contributed by atoms with E-state index in [0.29, 0.717) is 21.9 Å². The summed E-state index contributed by atoms with van der Waals surface area (Å²) in [5, 5.41) is 13.3. The number of benzene rings is 1. The smallest absolute Gasteiger partial charge is 0.277 e. The first kappa shape index (κ1) is 18.5. The first-order chi connectivity index (χ1) is 12.3. The summed E-state index contributed by atoms with van der Waals surface area (Å²) >= 11 is 2.48. The van der Waals surface area contributed by atoms with E-state index >= 15 is 0 Å². The summed E-state index contributed by atoms with van der Waals surface area (Å²) in [5.41, 5.74) is 1.24. The van der Waals surface area contributed by atoms with Crippen LogP contribution in [-0.2, 0) is 10.2 Å². The van der Waals surface area contributed by atoms with Crippen LogP contribution in [0.5, 0.6) is 0 Å². The van der Waals surface area contributed by atoms with Crippen molar-refractivity contribution < 1.29 is 13.6 Å². The van der Waals surface area contributed by atoms with Gasteiger partial charge in [0, 0.05) is 16.4 Å². The lowest BCUT2D eigenvalue weighted by Crippen LogP contribution is -2.13. The first-order valence-corrected chi connectivity index (χ1v) is 9.66. The van der Waals surface area contributed by atoms with Gasteiger partial charge in [-0.25, -0.2) is 9.37 Å². The molecule has 0 fully saturated rings. The number of anilines is 1. The van der Waals surface area contributed by atoms with Gasteiger partial charge in [-0.3, -0.25) is 4.79 Å². The number of rotatable bonds is 5. The van der Waals surface area contributed by atoms with Crippen molar-refractivity contribution in [2.45, 2.75) is 31.4 Å². The molecule has 26 heavy (non-hydrogen) atoms. The largest absolute Gasteiger partial charge is 0.415 e. The van der Waals surface area contributed by atoms with E-state index in [-0.39, 0.29) is 22.9 Å². The number of hydrogen-bond acceptors (Lipinski definition) is 7. The minimum atomic E-state index is -0.301. The zero-order chi connectivity index (χ0) is 18.7. The predicted octanol–water partition coefficient (Wildman–Crippen LogP) is 4.36. The third-order valence-corrected chi connectivity index (χ3v) is 4.84. The Morgan fingerprint density at radius 3 is 2.65 bits per heavy atom. The number of hydrogen-bond donors (Lipinski definition) is 1. The van der Waals surface area contributed by atoms with Gasteiger partial charge < -0.3 is 9.73 Å². The van der Waals surface area contributed by atoms with Gasteiger partial charge >= 0.3 is 0 Å². The highest BCUT2D eigenvalue weighted by molar-refractivity contribution is 7.99. The third-order valence-electron chi connectivity index (χ3n) is 3.27. The van der Waals surface area contributed by atoms with Crippen molar-refractivity contribution >= 4 is 34.1 Å². The Labute approximate surface area is 158 Å². The van der Waals surface area contributed by atoms with Crippen LogP contribution >= 0.6 is 23.1 Å². The number of halogens is 1. The van der Waals surface area contributed by atoms with Gasteiger partial charge in [0.2, 0.25) is 11.8 Å². The van der Waals surface area contributed by atoms with Crippen LogP contribution in [0.2, 0.25) is 0 Å². The molecule has 0 radical (unpaired) electrons. The molecule has 0 saturated heterocycles. The van der Waals surface area contributed by atoms with Crippen LogP contribution < -0.4 is 5.32 Å². The van der Waals surface area contributed by atoms with Gasteiger partial charge in [0.15, 0.2) is 5.13 Å². The fourth-order valence-corrected chi connectivity index (χ4v) is 3.24. The predicted molar refractivity (Wildman–Crippen MR) is 99.9 cm³/mol. The summed E-state index contributed by atoms with van der Waals surface area (Å²) < 4.78 is 18.5. The van der Waals surface area contributed by atoms with Crippen LogP contribution in [0.1, 0.15) is 26.7 Å². The van der Waals surface area contributed by atoms with Crippen LogP contribution in [-0.4, -0.2) is 26.8 Å². The van der Waals surface area contributed by atoms with Crippen LogP contribution in [0, 0.1) is 5.82 Å². The lowest BCUT2D eigenvalue weighted by atomic mass is 9.97. The van der Waals surface area contributed by atoms with Gasteiger partial charge in [-0.2, -0.15) is 0 Å². The summed E-state index contributed by atoms with van der Waals surface area (Å²) in [7, 11) is 0. The maximum atomic E-state index is 13.0. The molecule has 2 aromatic heterocycles. The molecule has 1 aromatic carbocycles. The molecule has 0 atom stereocenters. The number of amides is 1.